The van der Waals surface area contributed by atoms with Gasteiger partial charge in [0.15, 0.2) is 0 Å². The molecule has 98 valence electrons. The highest BCUT2D eigenvalue weighted by molar-refractivity contribution is 9.10. The van der Waals surface area contributed by atoms with Crippen molar-refractivity contribution in [3.05, 3.63) is 28.2 Å². The number of hydrogen-bond donors (Lipinski definition) is 2. The van der Waals surface area contributed by atoms with Crippen LogP contribution in [0.25, 0.3) is 0 Å². The molecule has 1 aliphatic heterocycles. The van der Waals surface area contributed by atoms with Crippen molar-refractivity contribution in [2.75, 3.05) is 17.6 Å². The Labute approximate surface area is 119 Å². The van der Waals surface area contributed by atoms with Gasteiger partial charge in [-0.15, -0.1) is 0 Å². The molecule has 2 rings (SSSR count). The van der Waals surface area contributed by atoms with Gasteiger partial charge in [0.05, 0.1) is 5.56 Å². The Bertz CT molecular complexity index is 458. The van der Waals surface area contributed by atoms with Crippen LogP contribution in [0, 0.1) is 0 Å². The van der Waals surface area contributed by atoms with Gasteiger partial charge in [0.1, 0.15) is 0 Å². The van der Waals surface area contributed by atoms with Gasteiger partial charge >= 0.3 is 5.97 Å². The summed E-state index contributed by atoms with van der Waals surface area (Å²) in [7, 11) is 0. The van der Waals surface area contributed by atoms with E-state index in [4.69, 9.17) is 0 Å². The number of carboxylic acid groups (broad SMARTS) is 1. The zero-order valence-electron chi connectivity index (χ0n) is 10.2. The number of carboxylic acids is 1. The van der Waals surface area contributed by atoms with Crippen LogP contribution in [-0.4, -0.2) is 28.1 Å². The van der Waals surface area contributed by atoms with E-state index in [9.17, 15) is 9.90 Å². The Balaban J connectivity index is 2.11. The minimum Gasteiger partial charge on any atom is -0.478 e. The Morgan fingerprint density at radius 2 is 2.39 bits per heavy atom. The third kappa shape index (κ3) is 3.20. The van der Waals surface area contributed by atoms with Crippen LogP contribution in [0.4, 0.5) is 5.69 Å². The second kappa shape index (κ2) is 5.53. The number of nitrogens with one attached hydrogen (secondary N) is 1. The quantitative estimate of drug-likeness (QED) is 0.880. The highest BCUT2D eigenvalue weighted by Gasteiger charge is 2.29. The third-order valence-electron chi connectivity index (χ3n) is 3.17. The number of thioether (sulfide) groups is 1. The van der Waals surface area contributed by atoms with E-state index in [2.05, 4.69) is 28.2 Å². The molecule has 2 N–H and O–H groups in total. The van der Waals surface area contributed by atoms with E-state index in [-0.39, 0.29) is 4.75 Å². The summed E-state index contributed by atoms with van der Waals surface area (Å²) in [6.07, 6.45) is 2.43. The first-order chi connectivity index (χ1) is 8.50. The SMILES string of the molecule is CC1(CNc2ccc(Br)cc2C(=O)O)CCCS1. The van der Waals surface area contributed by atoms with Crippen molar-refractivity contribution in [1.82, 2.24) is 0 Å². The molecule has 0 saturated carbocycles. The predicted molar refractivity (Wildman–Crippen MR) is 79.7 cm³/mol. The predicted octanol–water partition coefficient (Wildman–Crippen LogP) is 3.84. The van der Waals surface area contributed by atoms with Crippen molar-refractivity contribution >= 4 is 39.3 Å². The molecule has 5 heteroatoms. The van der Waals surface area contributed by atoms with Crippen LogP contribution >= 0.6 is 27.7 Å². The van der Waals surface area contributed by atoms with Gasteiger partial charge in [-0.2, -0.15) is 11.8 Å². The summed E-state index contributed by atoms with van der Waals surface area (Å²) in [4.78, 5) is 11.2. The van der Waals surface area contributed by atoms with Crippen LogP contribution in [0.3, 0.4) is 0 Å². The molecule has 1 heterocycles. The summed E-state index contributed by atoms with van der Waals surface area (Å²) in [5.41, 5.74) is 1.01. The fraction of sp³-hybridized carbons (Fsp3) is 0.462. The lowest BCUT2D eigenvalue weighted by molar-refractivity contribution is 0.0698. The van der Waals surface area contributed by atoms with Crippen molar-refractivity contribution in [3.8, 4) is 0 Å². The van der Waals surface area contributed by atoms with E-state index in [0.717, 1.165) is 11.0 Å². The van der Waals surface area contributed by atoms with Crippen molar-refractivity contribution in [2.24, 2.45) is 0 Å². The lowest BCUT2D eigenvalue weighted by Gasteiger charge is -2.24. The van der Waals surface area contributed by atoms with Crippen LogP contribution in [0.2, 0.25) is 0 Å². The molecule has 0 radical (unpaired) electrons. The molecule has 0 amide bonds. The zero-order chi connectivity index (χ0) is 13.2. The van der Waals surface area contributed by atoms with Gasteiger partial charge in [0, 0.05) is 21.5 Å². The lowest BCUT2D eigenvalue weighted by Crippen LogP contribution is -2.27. The first-order valence-electron chi connectivity index (χ1n) is 5.91. The second-order valence-corrected chi connectivity index (χ2v) is 7.35. The molecule has 1 saturated heterocycles. The van der Waals surface area contributed by atoms with Crippen LogP contribution in [0.1, 0.15) is 30.1 Å². The highest BCUT2D eigenvalue weighted by Crippen LogP contribution is 2.38. The average Bonchev–Trinajstić information content (AvgIpc) is 2.75. The van der Waals surface area contributed by atoms with E-state index in [1.165, 1.54) is 18.6 Å². The zero-order valence-corrected chi connectivity index (χ0v) is 12.6. The van der Waals surface area contributed by atoms with Gasteiger partial charge in [0.25, 0.3) is 0 Å². The topological polar surface area (TPSA) is 49.3 Å². The average molecular weight is 330 g/mol. The molecule has 1 aromatic carbocycles. The molecule has 1 fully saturated rings. The molecule has 1 unspecified atom stereocenters. The number of aromatic carboxylic acids is 1. The second-order valence-electron chi connectivity index (χ2n) is 4.75. The van der Waals surface area contributed by atoms with Crippen LogP contribution in [0.15, 0.2) is 22.7 Å². The van der Waals surface area contributed by atoms with E-state index in [0.29, 0.717) is 11.3 Å². The summed E-state index contributed by atoms with van der Waals surface area (Å²) < 4.78 is 1.01. The minimum absolute atomic E-state index is 0.225. The number of rotatable bonds is 4. The van der Waals surface area contributed by atoms with Crippen LogP contribution in [-0.2, 0) is 0 Å². The molecule has 0 aromatic heterocycles. The maximum atomic E-state index is 11.2. The summed E-state index contributed by atoms with van der Waals surface area (Å²) >= 11 is 5.26. The summed E-state index contributed by atoms with van der Waals surface area (Å²) in [5.74, 6) is 0.299. The number of benzene rings is 1. The molecule has 0 aliphatic carbocycles. The van der Waals surface area contributed by atoms with Gasteiger partial charge < -0.3 is 10.4 Å². The van der Waals surface area contributed by atoms with E-state index < -0.39 is 5.97 Å². The Hall–Kier alpha value is -0.680. The molecule has 1 atom stereocenters. The molecular weight excluding hydrogens is 314 g/mol. The fourth-order valence-corrected chi connectivity index (χ4v) is 3.71. The van der Waals surface area contributed by atoms with Gasteiger partial charge in [-0.1, -0.05) is 15.9 Å². The van der Waals surface area contributed by atoms with Crippen molar-refractivity contribution < 1.29 is 9.90 Å². The van der Waals surface area contributed by atoms with E-state index in [1.54, 1.807) is 6.07 Å². The lowest BCUT2D eigenvalue weighted by atomic mass is 10.1. The van der Waals surface area contributed by atoms with Crippen molar-refractivity contribution in [1.29, 1.82) is 0 Å². The molecular formula is C13H16BrNO2S. The van der Waals surface area contributed by atoms with Crippen LogP contribution in [0.5, 0.6) is 0 Å². The fourth-order valence-electron chi connectivity index (χ4n) is 2.11. The molecule has 0 spiro atoms. The summed E-state index contributed by atoms with van der Waals surface area (Å²) in [6, 6.07) is 5.31. The van der Waals surface area contributed by atoms with Gasteiger partial charge in [-0.3, -0.25) is 0 Å². The normalized spacial score (nSPS) is 23.0. The third-order valence-corrected chi connectivity index (χ3v) is 5.20. The van der Waals surface area contributed by atoms with Gasteiger partial charge in [0.2, 0.25) is 0 Å². The first kappa shape index (κ1) is 13.7. The largest absolute Gasteiger partial charge is 0.478 e. The van der Waals surface area contributed by atoms with E-state index in [1.807, 2.05) is 23.9 Å². The highest BCUT2D eigenvalue weighted by atomic mass is 79.9. The summed E-state index contributed by atoms with van der Waals surface area (Å²) in [6.45, 7) is 3.04. The van der Waals surface area contributed by atoms with Crippen LogP contribution < -0.4 is 5.32 Å². The first-order valence-corrected chi connectivity index (χ1v) is 7.69. The Kier molecular flexibility index (Phi) is 4.22. The van der Waals surface area contributed by atoms with Crippen molar-refractivity contribution in [3.63, 3.8) is 0 Å². The van der Waals surface area contributed by atoms with Gasteiger partial charge in [-0.25, -0.2) is 4.79 Å². The van der Waals surface area contributed by atoms with Gasteiger partial charge in [-0.05, 0) is 43.7 Å². The molecule has 3 nitrogen and oxygen atoms in total. The Morgan fingerprint density at radius 1 is 1.61 bits per heavy atom. The summed E-state index contributed by atoms with van der Waals surface area (Å²) in [5, 5.41) is 12.5. The molecule has 0 bridgehead atoms. The minimum atomic E-state index is -0.900. The monoisotopic (exact) mass is 329 g/mol. The van der Waals surface area contributed by atoms with Crippen molar-refractivity contribution in [2.45, 2.75) is 24.5 Å². The number of halogens is 1. The number of hydrogen-bond acceptors (Lipinski definition) is 3. The molecule has 18 heavy (non-hydrogen) atoms. The maximum Gasteiger partial charge on any atom is 0.337 e. The smallest absolute Gasteiger partial charge is 0.337 e. The standard InChI is InChI=1S/C13H16BrNO2S/c1-13(5-2-6-18-13)8-15-11-4-3-9(14)7-10(11)12(16)17/h3-4,7,15H,2,5-6,8H2,1H3,(H,16,17). The number of carbonyl (C=O) groups is 1. The molecule has 1 aromatic rings. The molecule has 1 aliphatic rings. The van der Waals surface area contributed by atoms with E-state index >= 15 is 0 Å². The number of anilines is 1. The maximum absolute atomic E-state index is 11.2. The Morgan fingerprint density at radius 3 is 3.00 bits per heavy atom.